The van der Waals surface area contributed by atoms with E-state index < -0.39 is 5.41 Å². The number of amides is 1. The number of likely N-dealkylation sites (tertiary alicyclic amines) is 1. The van der Waals surface area contributed by atoms with Crippen molar-refractivity contribution in [2.75, 3.05) is 13.6 Å². The van der Waals surface area contributed by atoms with Crippen molar-refractivity contribution in [3.63, 3.8) is 0 Å². The van der Waals surface area contributed by atoms with Crippen molar-refractivity contribution in [3.8, 4) is 6.07 Å². The van der Waals surface area contributed by atoms with Crippen LogP contribution in [0.3, 0.4) is 0 Å². The predicted octanol–water partition coefficient (Wildman–Crippen LogP) is 2.98. The van der Waals surface area contributed by atoms with Crippen LogP contribution in [0.5, 0.6) is 0 Å². The van der Waals surface area contributed by atoms with Crippen molar-refractivity contribution in [2.24, 2.45) is 5.92 Å². The molecule has 6 rings (SSSR count). The van der Waals surface area contributed by atoms with Crippen molar-refractivity contribution in [2.45, 2.75) is 62.6 Å². The highest BCUT2D eigenvalue weighted by Gasteiger charge is 2.52. The topological polar surface area (TPSA) is 123 Å². The third-order valence-electron chi connectivity index (χ3n) is 8.06. The molecule has 11 heteroatoms. The monoisotopic (exact) mass is 534 g/mol. The van der Waals surface area contributed by atoms with Crippen LogP contribution in [0.1, 0.15) is 62.6 Å². The molecule has 0 radical (unpaired) electrons. The Labute approximate surface area is 224 Å². The van der Waals surface area contributed by atoms with Crippen LogP contribution in [-0.4, -0.2) is 63.1 Å². The zero-order chi connectivity index (χ0) is 25.7. The summed E-state index contributed by atoms with van der Waals surface area (Å²) in [5.41, 5.74) is 2.82. The molecule has 1 amide bonds. The normalized spacial score (nSPS) is 26.4. The second kappa shape index (κ2) is 9.35. The van der Waals surface area contributed by atoms with Crippen LogP contribution in [0.2, 0.25) is 0 Å². The molecular weight excluding hydrogens is 504 g/mol. The maximum Gasteiger partial charge on any atom is 0.261 e. The van der Waals surface area contributed by atoms with Gasteiger partial charge in [0.2, 0.25) is 0 Å². The number of thiophene rings is 2. The number of rotatable bonds is 8. The number of fused-ring (bicyclic) bond motifs is 3. The predicted molar refractivity (Wildman–Crippen MR) is 142 cm³/mol. The molecule has 1 aliphatic heterocycles. The molecule has 2 fully saturated rings. The molecule has 3 N–H and O–H groups in total. The first-order valence-corrected chi connectivity index (χ1v) is 14.4. The van der Waals surface area contributed by atoms with E-state index in [0.717, 1.165) is 29.8 Å². The maximum atomic E-state index is 12.6. The van der Waals surface area contributed by atoms with Gasteiger partial charge in [-0.05, 0) is 73.6 Å². The van der Waals surface area contributed by atoms with Crippen molar-refractivity contribution >= 4 is 28.6 Å². The number of carbonyl (C=O) groups excluding carboxylic acids is 1. The molecule has 2 unspecified atom stereocenters. The van der Waals surface area contributed by atoms with Gasteiger partial charge in [0.05, 0.1) is 10.9 Å². The average Bonchev–Trinajstić information content (AvgIpc) is 3.43. The van der Waals surface area contributed by atoms with Crippen LogP contribution < -0.4 is 10.6 Å². The Morgan fingerprint density at radius 1 is 1.38 bits per heavy atom. The number of tetrazole rings is 1. The molecular formula is C26H30N8OS2. The van der Waals surface area contributed by atoms with Crippen LogP contribution in [0, 0.1) is 17.2 Å². The number of aromatic nitrogens is 4. The SMILES string of the molecule is C=C(CN[C@H](C)CC1(c2nn[nH]n2)c2sccc2CCc2cc(C(=O)NC)sc21)N1C(C#N)C[C@@H]2C[C@@H]21. The summed E-state index contributed by atoms with van der Waals surface area (Å²) in [4.78, 5) is 17.9. The summed E-state index contributed by atoms with van der Waals surface area (Å²) in [6.45, 7) is 7.13. The van der Waals surface area contributed by atoms with Gasteiger partial charge in [-0.1, -0.05) is 11.8 Å². The third kappa shape index (κ3) is 3.98. The Bertz CT molecular complexity index is 1370. The van der Waals surface area contributed by atoms with E-state index in [1.54, 1.807) is 18.4 Å². The largest absolute Gasteiger partial charge is 0.355 e. The van der Waals surface area contributed by atoms with E-state index in [9.17, 15) is 10.1 Å². The van der Waals surface area contributed by atoms with Crippen molar-refractivity contribution in [3.05, 3.63) is 61.4 Å². The first-order chi connectivity index (χ1) is 18.0. The van der Waals surface area contributed by atoms with Gasteiger partial charge in [-0.25, -0.2) is 0 Å². The fourth-order valence-corrected chi connectivity index (χ4v) is 8.85. The number of hydrogen-bond donors (Lipinski definition) is 3. The van der Waals surface area contributed by atoms with Gasteiger partial charge < -0.3 is 15.5 Å². The van der Waals surface area contributed by atoms with Crippen LogP contribution in [-0.2, 0) is 18.3 Å². The van der Waals surface area contributed by atoms with Gasteiger partial charge in [0.1, 0.15) is 11.5 Å². The van der Waals surface area contributed by atoms with Gasteiger partial charge >= 0.3 is 0 Å². The number of H-pyrrole nitrogens is 1. The first kappa shape index (κ1) is 24.3. The highest BCUT2D eigenvalue weighted by Crippen LogP contribution is 2.52. The van der Waals surface area contributed by atoms with Gasteiger partial charge in [-0.15, -0.1) is 32.9 Å². The minimum Gasteiger partial charge on any atom is -0.355 e. The second-order valence-electron chi connectivity index (χ2n) is 10.4. The van der Waals surface area contributed by atoms with Crippen LogP contribution >= 0.6 is 22.7 Å². The molecule has 3 aromatic heterocycles. The van der Waals surface area contributed by atoms with E-state index >= 15 is 0 Å². The van der Waals surface area contributed by atoms with Crippen molar-refractivity contribution in [1.82, 2.24) is 36.2 Å². The number of aryl methyl sites for hydroxylation is 2. The number of nitriles is 1. The maximum absolute atomic E-state index is 12.6. The van der Waals surface area contributed by atoms with Crippen LogP contribution in [0.15, 0.2) is 29.8 Å². The molecule has 0 spiro atoms. The standard InChI is InChI=1S/C26H30N8OS2/c1-14(29-13-15(2)34-19(12-27)8-18-9-20(18)34)11-26(25-30-32-33-31-25)22-16(6-7-36-22)4-5-17-10-21(24(35)28-3)37-23(17)26/h6-7,10,14,18-20,29H,2,4-5,8-9,11,13H2,1,3H3,(H,28,35)(H,30,31,32,33)/t14-,18-,19?,20+,26?/m1/s1. The van der Waals surface area contributed by atoms with Crippen LogP contribution in [0.4, 0.5) is 0 Å². The van der Waals surface area contributed by atoms with E-state index in [-0.39, 0.29) is 18.0 Å². The molecule has 3 aromatic rings. The highest BCUT2D eigenvalue weighted by molar-refractivity contribution is 7.15. The molecule has 1 saturated heterocycles. The lowest BCUT2D eigenvalue weighted by atomic mass is 9.76. The molecule has 9 nitrogen and oxygen atoms in total. The summed E-state index contributed by atoms with van der Waals surface area (Å²) >= 11 is 3.25. The highest BCUT2D eigenvalue weighted by atomic mass is 32.1. The van der Waals surface area contributed by atoms with Gasteiger partial charge in [-0.2, -0.15) is 10.5 Å². The molecule has 192 valence electrons. The summed E-state index contributed by atoms with van der Waals surface area (Å²) in [5, 5.41) is 33.9. The summed E-state index contributed by atoms with van der Waals surface area (Å²) in [5.74, 6) is 1.20. The fourth-order valence-electron chi connectivity index (χ4n) is 6.25. The van der Waals surface area contributed by atoms with Crippen molar-refractivity contribution in [1.29, 1.82) is 5.26 Å². The molecule has 2 aliphatic carbocycles. The Morgan fingerprint density at radius 2 is 2.22 bits per heavy atom. The van der Waals surface area contributed by atoms with E-state index in [0.29, 0.717) is 35.6 Å². The number of aromatic amines is 1. The zero-order valence-electron chi connectivity index (χ0n) is 21.0. The fraction of sp³-hybridized carbons (Fsp3) is 0.500. The molecule has 37 heavy (non-hydrogen) atoms. The zero-order valence-corrected chi connectivity index (χ0v) is 22.6. The molecule has 4 heterocycles. The Morgan fingerprint density at radius 3 is 2.97 bits per heavy atom. The molecule has 0 aromatic carbocycles. The van der Waals surface area contributed by atoms with Crippen LogP contribution in [0.25, 0.3) is 0 Å². The lowest BCUT2D eigenvalue weighted by molar-refractivity contribution is 0.0967. The van der Waals surface area contributed by atoms with E-state index in [1.807, 2.05) is 6.07 Å². The van der Waals surface area contributed by atoms with Gasteiger partial charge in [0.15, 0.2) is 5.82 Å². The lowest BCUT2D eigenvalue weighted by Gasteiger charge is -2.34. The minimum atomic E-state index is -0.628. The number of carbonyl (C=O) groups is 1. The minimum absolute atomic E-state index is 0.0635. The number of piperidine rings is 1. The molecule has 1 saturated carbocycles. The van der Waals surface area contributed by atoms with E-state index in [2.05, 4.69) is 67.2 Å². The average molecular weight is 535 g/mol. The van der Waals surface area contributed by atoms with Gasteiger partial charge in [0, 0.05) is 41.1 Å². The Kier molecular flexibility index (Phi) is 6.13. The molecule has 3 aliphatic rings. The number of hydrogen-bond acceptors (Lipinski definition) is 9. The molecule has 5 atom stereocenters. The quantitative estimate of drug-likeness (QED) is 0.406. The second-order valence-corrected chi connectivity index (χ2v) is 12.3. The Hall–Kier alpha value is -3.07. The lowest BCUT2D eigenvalue weighted by Crippen LogP contribution is -2.42. The molecule has 0 bridgehead atoms. The van der Waals surface area contributed by atoms with Crippen molar-refractivity contribution < 1.29 is 4.79 Å². The summed E-state index contributed by atoms with van der Waals surface area (Å²) in [6.07, 6.45) is 4.58. The van der Waals surface area contributed by atoms with E-state index in [1.165, 1.54) is 33.8 Å². The first-order valence-electron chi connectivity index (χ1n) is 12.7. The summed E-state index contributed by atoms with van der Waals surface area (Å²) in [6, 6.07) is 7.18. The number of nitrogens with zero attached hydrogens (tertiary/aromatic N) is 5. The van der Waals surface area contributed by atoms with E-state index in [4.69, 9.17) is 0 Å². The summed E-state index contributed by atoms with van der Waals surface area (Å²) in [7, 11) is 1.66. The van der Waals surface area contributed by atoms with Gasteiger partial charge in [0.25, 0.3) is 5.91 Å². The Balaban J connectivity index is 1.34. The smallest absolute Gasteiger partial charge is 0.261 e. The number of nitrogens with one attached hydrogen (secondary N) is 3. The third-order valence-corrected chi connectivity index (χ3v) is 10.5. The summed E-state index contributed by atoms with van der Waals surface area (Å²) < 4.78 is 0. The van der Waals surface area contributed by atoms with Gasteiger partial charge in [-0.3, -0.25) is 4.79 Å².